The maximum atomic E-state index is 12.9. The summed E-state index contributed by atoms with van der Waals surface area (Å²) < 4.78 is 0. The Morgan fingerprint density at radius 3 is 2.68 bits per heavy atom. The van der Waals surface area contributed by atoms with Gasteiger partial charge in [-0.1, -0.05) is 18.2 Å². The first-order chi connectivity index (χ1) is 11.9. The molecule has 0 saturated carbocycles. The van der Waals surface area contributed by atoms with Crippen LogP contribution in [0.15, 0.2) is 23.0 Å². The zero-order valence-electron chi connectivity index (χ0n) is 15.3. The predicted molar refractivity (Wildman–Crippen MR) is 97.6 cm³/mol. The van der Waals surface area contributed by atoms with Crippen molar-refractivity contribution in [1.82, 2.24) is 14.9 Å². The van der Waals surface area contributed by atoms with Crippen molar-refractivity contribution >= 4 is 5.91 Å². The third kappa shape index (κ3) is 3.50. The van der Waals surface area contributed by atoms with E-state index < -0.39 is 0 Å². The molecule has 132 valence electrons. The molecular formula is C20H25N3O2. The number of nitrogens with zero attached hydrogens (tertiary/aromatic N) is 2. The molecule has 1 amide bonds. The molecule has 1 N–H and O–H groups in total. The molecule has 0 unspecified atom stereocenters. The SMILES string of the molecule is Cc1nc(C)c(CC(=O)N2CCC[C@H]2c2ccc(C)c(C)c2)c(=O)[nH]1. The molecule has 5 heteroatoms. The lowest BCUT2D eigenvalue weighted by Gasteiger charge is -2.26. The molecule has 1 aliphatic rings. The highest BCUT2D eigenvalue weighted by atomic mass is 16.2. The highest BCUT2D eigenvalue weighted by Crippen LogP contribution is 2.33. The van der Waals surface area contributed by atoms with Gasteiger partial charge in [-0.3, -0.25) is 9.59 Å². The van der Waals surface area contributed by atoms with Crippen LogP contribution in [0, 0.1) is 27.7 Å². The van der Waals surface area contributed by atoms with Crippen LogP contribution in [0.1, 0.15) is 52.7 Å². The number of aromatic amines is 1. The highest BCUT2D eigenvalue weighted by molar-refractivity contribution is 5.79. The summed E-state index contributed by atoms with van der Waals surface area (Å²) in [6.07, 6.45) is 2.07. The molecule has 0 radical (unpaired) electrons. The zero-order valence-corrected chi connectivity index (χ0v) is 15.3. The van der Waals surface area contributed by atoms with Crippen LogP contribution in [0.2, 0.25) is 0 Å². The van der Waals surface area contributed by atoms with Gasteiger partial charge in [-0.2, -0.15) is 0 Å². The number of carbonyl (C=O) groups is 1. The van der Waals surface area contributed by atoms with Crippen LogP contribution in [0.25, 0.3) is 0 Å². The van der Waals surface area contributed by atoms with Gasteiger partial charge in [0.25, 0.3) is 5.56 Å². The molecule has 1 fully saturated rings. The largest absolute Gasteiger partial charge is 0.335 e. The second kappa shape index (κ2) is 6.82. The second-order valence-electron chi connectivity index (χ2n) is 6.98. The number of amides is 1. The number of rotatable bonds is 3. The molecular weight excluding hydrogens is 314 g/mol. The zero-order chi connectivity index (χ0) is 18.1. The van der Waals surface area contributed by atoms with Gasteiger partial charge in [-0.05, 0) is 57.2 Å². The van der Waals surface area contributed by atoms with E-state index in [4.69, 9.17) is 0 Å². The van der Waals surface area contributed by atoms with Crippen LogP contribution in [0.4, 0.5) is 0 Å². The summed E-state index contributed by atoms with van der Waals surface area (Å²) >= 11 is 0. The number of likely N-dealkylation sites (tertiary alicyclic amines) is 1. The molecule has 1 aromatic carbocycles. The number of benzene rings is 1. The number of aryl methyl sites for hydroxylation is 4. The maximum Gasteiger partial charge on any atom is 0.254 e. The van der Waals surface area contributed by atoms with Gasteiger partial charge in [0.15, 0.2) is 0 Å². The Morgan fingerprint density at radius 1 is 1.24 bits per heavy atom. The first-order valence-electron chi connectivity index (χ1n) is 8.80. The summed E-state index contributed by atoms with van der Waals surface area (Å²) in [4.78, 5) is 34.0. The van der Waals surface area contributed by atoms with Gasteiger partial charge in [0.2, 0.25) is 5.91 Å². The molecule has 0 spiro atoms. The van der Waals surface area contributed by atoms with E-state index in [2.05, 4.69) is 42.0 Å². The van der Waals surface area contributed by atoms with E-state index in [1.807, 2.05) is 4.90 Å². The molecule has 0 bridgehead atoms. The first-order valence-corrected chi connectivity index (χ1v) is 8.80. The number of aromatic nitrogens is 2. The van der Waals surface area contributed by atoms with Crippen molar-refractivity contribution in [2.75, 3.05) is 6.54 Å². The van der Waals surface area contributed by atoms with Crippen LogP contribution >= 0.6 is 0 Å². The van der Waals surface area contributed by atoms with E-state index in [0.29, 0.717) is 17.1 Å². The highest BCUT2D eigenvalue weighted by Gasteiger charge is 2.30. The topological polar surface area (TPSA) is 66.1 Å². The van der Waals surface area contributed by atoms with Crippen molar-refractivity contribution in [2.45, 2.75) is 53.0 Å². The Hall–Kier alpha value is -2.43. The van der Waals surface area contributed by atoms with Crippen molar-refractivity contribution < 1.29 is 4.79 Å². The number of hydrogen-bond acceptors (Lipinski definition) is 3. The Bertz CT molecular complexity index is 870. The van der Waals surface area contributed by atoms with Crippen LogP contribution < -0.4 is 5.56 Å². The molecule has 1 saturated heterocycles. The van der Waals surface area contributed by atoms with Gasteiger partial charge in [-0.25, -0.2) is 4.98 Å². The van der Waals surface area contributed by atoms with E-state index in [1.165, 1.54) is 16.7 Å². The van der Waals surface area contributed by atoms with E-state index in [-0.39, 0.29) is 23.9 Å². The summed E-state index contributed by atoms with van der Waals surface area (Å²) in [5.41, 5.74) is 4.58. The molecule has 1 aliphatic heterocycles. The fourth-order valence-corrected chi connectivity index (χ4v) is 3.60. The molecule has 25 heavy (non-hydrogen) atoms. The Labute approximate surface area is 148 Å². The number of carbonyl (C=O) groups excluding carboxylic acids is 1. The van der Waals surface area contributed by atoms with Gasteiger partial charge < -0.3 is 9.88 Å². The van der Waals surface area contributed by atoms with E-state index in [9.17, 15) is 9.59 Å². The Balaban J connectivity index is 1.84. The summed E-state index contributed by atoms with van der Waals surface area (Å²) in [7, 11) is 0. The molecule has 1 atom stereocenters. The predicted octanol–water partition coefficient (Wildman–Crippen LogP) is 2.91. The average Bonchev–Trinajstić information content (AvgIpc) is 3.03. The quantitative estimate of drug-likeness (QED) is 0.935. The Kier molecular flexibility index (Phi) is 4.75. The number of hydrogen-bond donors (Lipinski definition) is 1. The summed E-state index contributed by atoms with van der Waals surface area (Å²) in [5, 5.41) is 0. The molecule has 1 aromatic heterocycles. The van der Waals surface area contributed by atoms with Crippen molar-refractivity contribution in [2.24, 2.45) is 0 Å². The van der Waals surface area contributed by atoms with E-state index >= 15 is 0 Å². The minimum Gasteiger partial charge on any atom is -0.335 e. The fraction of sp³-hybridized carbons (Fsp3) is 0.450. The van der Waals surface area contributed by atoms with E-state index in [1.54, 1.807) is 13.8 Å². The van der Waals surface area contributed by atoms with Crippen LogP contribution in [-0.4, -0.2) is 27.3 Å². The van der Waals surface area contributed by atoms with Crippen molar-refractivity contribution in [3.05, 3.63) is 62.3 Å². The maximum absolute atomic E-state index is 12.9. The summed E-state index contributed by atoms with van der Waals surface area (Å²) in [6, 6.07) is 6.51. The average molecular weight is 339 g/mol. The standard InChI is InChI=1S/C20H25N3O2/c1-12-7-8-16(10-13(12)2)18-6-5-9-23(18)19(24)11-17-14(3)21-15(4)22-20(17)25/h7-8,10,18H,5-6,9,11H2,1-4H3,(H,21,22,25)/t18-/m0/s1. The minimum absolute atomic E-state index is 0.0000175. The second-order valence-corrected chi connectivity index (χ2v) is 6.98. The van der Waals surface area contributed by atoms with Gasteiger partial charge >= 0.3 is 0 Å². The lowest BCUT2D eigenvalue weighted by Crippen LogP contribution is -2.34. The lowest BCUT2D eigenvalue weighted by atomic mass is 9.99. The van der Waals surface area contributed by atoms with Gasteiger partial charge in [-0.15, -0.1) is 0 Å². The van der Waals surface area contributed by atoms with Gasteiger partial charge in [0.1, 0.15) is 5.82 Å². The summed E-state index contributed by atoms with van der Waals surface area (Å²) in [5.74, 6) is 0.577. The van der Waals surface area contributed by atoms with Crippen molar-refractivity contribution in [1.29, 1.82) is 0 Å². The normalized spacial score (nSPS) is 17.1. The lowest BCUT2D eigenvalue weighted by molar-refractivity contribution is -0.131. The molecule has 0 aliphatic carbocycles. The molecule has 2 aromatic rings. The molecule has 2 heterocycles. The minimum atomic E-state index is -0.208. The summed E-state index contributed by atoms with van der Waals surface area (Å²) in [6.45, 7) is 8.47. The first kappa shape index (κ1) is 17.4. The Morgan fingerprint density at radius 2 is 2.00 bits per heavy atom. The number of H-pyrrole nitrogens is 1. The third-order valence-corrected chi connectivity index (χ3v) is 5.16. The van der Waals surface area contributed by atoms with Crippen LogP contribution in [0.5, 0.6) is 0 Å². The third-order valence-electron chi connectivity index (χ3n) is 5.16. The van der Waals surface area contributed by atoms with Crippen LogP contribution in [-0.2, 0) is 11.2 Å². The van der Waals surface area contributed by atoms with Gasteiger partial charge in [0.05, 0.1) is 12.5 Å². The fourth-order valence-electron chi connectivity index (χ4n) is 3.60. The van der Waals surface area contributed by atoms with E-state index in [0.717, 1.165) is 19.4 Å². The molecule has 3 rings (SSSR count). The van der Waals surface area contributed by atoms with Crippen LogP contribution in [0.3, 0.4) is 0 Å². The smallest absolute Gasteiger partial charge is 0.254 e. The monoisotopic (exact) mass is 339 g/mol. The van der Waals surface area contributed by atoms with Crippen molar-refractivity contribution in [3.63, 3.8) is 0 Å². The van der Waals surface area contributed by atoms with Crippen molar-refractivity contribution in [3.8, 4) is 0 Å². The molecule has 5 nitrogen and oxygen atoms in total. The number of nitrogens with one attached hydrogen (secondary N) is 1. The van der Waals surface area contributed by atoms with Gasteiger partial charge in [0, 0.05) is 17.8 Å².